The van der Waals surface area contributed by atoms with Gasteiger partial charge >= 0.3 is 0 Å². The largest absolute Gasteiger partial charge is 0.394 e. The minimum Gasteiger partial charge on any atom is -0.394 e. The Bertz CT molecular complexity index is 209. The summed E-state index contributed by atoms with van der Waals surface area (Å²) in [5.41, 5.74) is 0. The summed E-state index contributed by atoms with van der Waals surface area (Å²) in [5.74, 6) is 0. The Kier molecular flexibility index (Phi) is 4.54. The van der Waals surface area contributed by atoms with E-state index < -0.39 is 0 Å². The van der Waals surface area contributed by atoms with Crippen LogP contribution >= 0.6 is 0 Å². The summed E-state index contributed by atoms with van der Waals surface area (Å²) in [7, 11) is 0. The van der Waals surface area contributed by atoms with Crippen molar-refractivity contribution in [1.29, 1.82) is 0 Å². The van der Waals surface area contributed by atoms with Crippen LogP contribution in [0.25, 0.3) is 0 Å². The van der Waals surface area contributed by atoms with Crippen LogP contribution < -0.4 is 0 Å². The van der Waals surface area contributed by atoms with Gasteiger partial charge in [-0.3, -0.25) is 0 Å². The van der Waals surface area contributed by atoms with Gasteiger partial charge in [0.05, 0.1) is 19.0 Å². The summed E-state index contributed by atoms with van der Waals surface area (Å²) >= 11 is 0. The molecule has 0 saturated carbocycles. The number of aliphatic hydroxyl groups is 1. The zero-order valence-electron chi connectivity index (χ0n) is 8.19. The van der Waals surface area contributed by atoms with E-state index in [0.717, 1.165) is 6.42 Å². The number of hydrogen-bond acceptors (Lipinski definition) is 2. The van der Waals surface area contributed by atoms with Crippen molar-refractivity contribution < 1.29 is 5.11 Å². The highest BCUT2D eigenvalue weighted by atomic mass is 16.3. The summed E-state index contributed by atoms with van der Waals surface area (Å²) in [6, 6.07) is 0.217. The van der Waals surface area contributed by atoms with Crippen LogP contribution in [0.2, 0.25) is 0 Å². The van der Waals surface area contributed by atoms with Gasteiger partial charge in [0.25, 0.3) is 0 Å². The molecule has 1 aromatic rings. The van der Waals surface area contributed by atoms with Gasteiger partial charge in [0.15, 0.2) is 0 Å². The molecule has 0 spiro atoms. The Morgan fingerprint density at radius 1 is 1.46 bits per heavy atom. The maximum atomic E-state index is 9.15. The van der Waals surface area contributed by atoms with E-state index in [4.69, 9.17) is 5.11 Å². The van der Waals surface area contributed by atoms with Gasteiger partial charge < -0.3 is 9.67 Å². The third-order valence-electron chi connectivity index (χ3n) is 2.30. The number of aliphatic hydroxyl groups excluding tert-OH is 1. The molecule has 1 atom stereocenters. The SMILES string of the molecule is CCCCCC(CO)n1ccnc1. The Morgan fingerprint density at radius 2 is 2.31 bits per heavy atom. The summed E-state index contributed by atoms with van der Waals surface area (Å²) in [6.45, 7) is 2.39. The average molecular weight is 182 g/mol. The molecule has 1 rings (SSSR count). The van der Waals surface area contributed by atoms with E-state index in [2.05, 4.69) is 11.9 Å². The standard InChI is InChI=1S/C10H18N2O/c1-2-3-4-5-10(8-13)12-7-6-11-9-12/h6-7,9-10,13H,2-5,8H2,1H3. The van der Waals surface area contributed by atoms with Crippen LogP contribution in [-0.4, -0.2) is 21.3 Å². The molecular weight excluding hydrogens is 164 g/mol. The third-order valence-corrected chi connectivity index (χ3v) is 2.30. The maximum absolute atomic E-state index is 9.15. The minimum absolute atomic E-state index is 0.208. The van der Waals surface area contributed by atoms with Crippen LogP contribution in [0, 0.1) is 0 Å². The predicted molar refractivity (Wildman–Crippen MR) is 52.5 cm³/mol. The fourth-order valence-corrected chi connectivity index (χ4v) is 1.45. The topological polar surface area (TPSA) is 38.0 Å². The van der Waals surface area contributed by atoms with E-state index in [1.54, 1.807) is 12.5 Å². The Morgan fingerprint density at radius 3 is 2.85 bits per heavy atom. The van der Waals surface area contributed by atoms with Gasteiger partial charge in [0.2, 0.25) is 0 Å². The molecule has 0 amide bonds. The van der Waals surface area contributed by atoms with E-state index in [-0.39, 0.29) is 12.6 Å². The first-order chi connectivity index (χ1) is 6.38. The first kappa shape index (κ1) is 10.3. The first-order valence-corrected chi connectivity index (χ1v) is 4.96. The second kappa shape index (κ2) is 5.75. The molecule has 13 heavy (non-hydrogen) atoms. The van der Waals surface area contributed by atoms with Gasteiger partial charge in [-0.05, 0) is 6.42 Å². The molecule has 0 aliphatic carbocycles. The highest BCUT2D eigenvalue weighted by Crippen LogP contribution is 2.14. The van der Waals surface area contributed by atoms with Crippen molar-refractivity contribution in [1.82, 2.24) is 9.55 Å². The Labute approximate surface area is 79.4 Å². The van der Waals surface area contributed by atoms with Gasteiger partial charge in [-0.1, -0.05) is 26.2 Å². The summed E-state index contributed by atoms with van der Waals surface area (Å²) < 4.78 is 1.98. The molecule has 74 valence electrons. The molecule has 1 aromatic heterocycles. The Balaban J connectivity index is 2.35. The van der Waals surface area contributed by atoms with Crippen molar-refractivity contribution in [2.24, 2.45) is 0 Å². The zero-order chi connectivity index (χ0) is 9.52. The molecule has 0 aliphatic heterocycles. The van der Waals surface area contributed by atoms with E-state index in [1.165, 1.54) is 19.3 Å². The molecule has 0 saturated heterocycles. The van der Waals surface area contributed by atoms with Crippen molar-refractivity contribution in [2.75, 3.05) is 6.61 Å². The minimum atomic E-state index is 0.208. The van der Waals surface area contributed by atoms with E-state index >= 15 is 0 Å². The van der Waals surface area contributed by atoms with Crippen molar-refractivity contribution in [3.8, 4) is 0 Å². The van der Waals surface area contributed by atoms with Gasteiger partial charge in [-0.2, -0.15) is 0 Å². The number of imidazole rings is 1. The van der Waals surface area contributed by atoms with Crippen LogP contribution in [0.15, 0.2) is 18.7 Å². The smallest absolute Gasteiger partial charge is 0.0949 e. The molecular formula is C10H18N2O. The monoisotopic (exact) mass is 182 g/mol. The second-order valence-electron chi connectivity index (χ2n) is 3.34. The molecule has 1 N–H and O–H groups in total. The molecule has 1 unspecified atom stereocenters. The van der Waals surface area contributed by atoms with Gasteiger partial charge in [0, 0.05) is 12.4 Å². The highest BCUT2D eigenvalue weighted by Gasteiger charge is 2.07. The molecule has 3 heteroatoms. The summed E-state index contributed by atoms with van der Waals surface area (Å²) in [6.07, 6.45) is 10.1. The van der Waals surface area contributed by atoms with Crippen LogP contribution in [0.4, 0.5) is 0 Å². The zero-order valence-corrected chi connectivity index (χ0v) is 8.19. The van der Waals surface area contributed by atoms with Crippen LogP contribution in [0.1, 0.15) is 38.6 Å². The summed E-state index contributed by atoms with van der Waals surface area (Å²) in [5, 5.41) is 9.15. The van der Waals surface area contributed by atoms with Gasteiger partial charge in [-0.15, -0.1) is 0 Å². The van der Waals surface area contributed by atoms with Crippen LogP contribution in [0.5, 0.6) is 0 Å². The lowest BCUT2D eigenvalue weighted by atomic mass is 10.1. The van der Waals surface area contributed by atoms with Crippen LogP contribution in [0.3, 0.4) is 0 Å². The molecule has 0 bridgehead atoms. The van der Waals surface area contributed by atoms with Crippen molar-refractivity contribution in [3.05, 3.63) is 18.7 Å². The fourth-order valence-electron chi connectivity index (χ4n) is 1.45. The lowest BCUT2D eigenvalue weighted by Crippen LogP contribution is -2.11. The third kappa shape index (κ3) is 3.19. The normalized spacial score (nSPS) is 13.1. The van der Waals surface area contributed by atoms with Crippen molar-refractivity contribution >= 4 is 0 Å². The number of hydrogen-bond donors (Lipinski definition) is 1. The lowest BCUT2D eigenvalue weighted by molar-refractivity contribution is 0.217. The van der Waals surface area contributed by atoms with E-state index in [1.807, 2.05) is 10.8 Å². The number of nitrogens with zero attached hydrogens (tertiary/aromatic N) is 2. The lowest BCUT2D eigenvalue weighted by Gasteiger charge is -2.14. The molecule has 0 aliphatic rings. The second-order valence-corrected chi connectivity index (χ2v) is 3.34. The fraction of sp³-hybridized carbons (Fsp3) is 0.700. The first-order valence-electron chi connectivity index (χ1n) is 4.96. The molecule has 1 heterocycles. The van der Waals surface area contributed by atoms with Crippen LogP contribution in [-0.2, 0) is 0 Å². The molecule has 0 radical (unpaired) electrons. The average Bonchev–Trinajstić information content (AvgIpc) is 2.65. The number of rotatable bonds is 6. The van der Waals surface area contributed by atoms with Gasteiger partial charge in [-0.25, -0.2) is 4.98 Å². The van der Waals surface area contributed by atoms with Gasteiger partial charge in [0.1, 0.15) is 0 Å². The highest BCUT2D eigenvalue weighted by molar-refractivity contribution is 4.80. The Hall–Kier alpha value is -0.830. The summed E-state index contributed by atoms with van der Waals surface area (Å²) in [4.78, 5) is 3.97. The predicted octanol–water partition coefficient (Wildman–Crippen LogP) is 2.00. The van der Waals surface area contributed by atoms with E-state index in [9.17, 15) is 0 Å². The molecule has 0 fully saturated rings. The van der Waals surface area contributed by atoms with E-state index in [0.29, 0.717) is 0 Å². The van der Waals surface area contributed by atoms with Crippen molar-refractivity contribution in [3.63, 3.8) is 0 Å². The molecule has 0 aromatic carbocycles. The number of aromatic nitrogens is 2. The van der Waals surface area contributed by atoms with Crippen molar-refractivity contribution in [2.45, 2.75) is 38.6 Å². The number of unbranched alkanes of at least 4 members (excludes halogenated alkanes) is 2. The quantitative estimate of drug-likeness (QED) is 0.683. The maximum Gasteiger partial charge on any atom is 0.0949 e. The molecule has 3 nitrogen and oxygen atoms in total.